The number of benzene rings is 2. The lowest BCUT2D eigenvalue weighted by Crippen LogP contribution is -2.31. The van der Waals surface area contributed by atoms with Gasteiger partial charge in [-0.05, 0) is 37.3 Å². The van der Waals surface area contributed by atoms with Gasteiger partial charge in [-0.15, -0.1) is 0 Å². The normalized spacial score (nSPS) is 13.0. The summed E-state index contributed by atoms with van der Waals surface area (Å²) < 4.78 is 11.4. The van der Waals surface area contributed by atoms with E-state index in [4.69, 9.17) is 21.1 Å². The minimum atomic E-state index is -0.0610. The molecule has 1 amide bonds. The summed E-state index contributed by atoms with van der Waals surface area (Å²) in [5.74, 6) is 1.40. The Bertz CT molecular complexity index is 967. The first kappa shape index (κ1) is 16.8. The molecule has 4 rings (SSSR count). The molecule has 0 aliphatic carbocycles. The van der Waals surface area contributed by atoms with Gasteiger partial charge in [-0.3, -0.25) is 4.79 Å². The highest BCUT2D eigenvalue weighted by Crippen LogP contribution is 2.34. The highest BCUT2D eigenvalue weighted by molar-refractivity contribution is 6.31. The summed E-state index contributed by atoms with van der Waals surface area (Å²) in [7, 11) is 0. The third-order valence-electron chi connectivity index (χ3n) is 4.49. The smallest absolute Gasteiger partial charge is 0.270 e. The maximum atomic E-state index is 13.0. The second-order valence-corrected chi connectivity index (χ2v) is 6.61. The Morgan fingerprint density at radius 2 is 2.04 bits per heavy atom. The van der Waals surface area contributed by atoms with Crippen LogP contribution in [-0.4, -0.2) is 35.5 Å². The van der Waals surface area contributed by atoms with Crippen LogP contribution in [0.15, 0.2) is 42.5 Å². The molecule has 1 aliphatic heterocycles. The molecule has 0 unspecified atom stereocenters. The van der Waals surface area contributed by atoms with Crippen molar-refractivity contribution in [1.29, 1.82) is 0 Å². The van der Waals surface area contributed by atoms with Crippen molar-refractivity contribution in [3.63, 3.8) is 0 Å². The van der Waals surface area contributed by atoms with Crippen LogP contribution < -0.4 is 9.47 Å². The summed E-state index contributed by atoms with van der Waals surface area (Å²) in [6, 6.07) is 13.1. The molecule has 0 saturated carbocycles. The van der Waals surface area contributed by atoms with Crippen molar-refractivity contribution in [2.24, 2.45) is 0 Å². The predicted molar refractivity (Wildman–Crippen MR) is 101 cm³/mol. The Hall–Kier alpha value is -2.66. The molecule has 0 saturated heterocycles. The first-order valence-corrected chi connectivity index (χ1v) is 8.98. The van der Waals surface area contributed by atoms with Crippen LogP contribution in [0.3, 0.4) is 0 Å². The lowest BCUT2D eigenvalue weighted by molar-refractivity contribution is 0.0744. The first-order valence-electron chi connectivity index (χ1n) is 8.60. The minimum Gasteiger partial charge on any atom is -0.486 e. The number of H-pyrrole nitrogens is 1. The fourth-order valence-corrected chi connectivity index (χ4v) is 3.36. The minimum absolute atomic E-state index is 0.0610. The Balaban J connectivity index is 1.61. The summed E-state index contributed by atoms with van der Waals surface area (Å²) in [5, 5.41) is 1.57. The molecule has 2 aromatic carbocycles. The SMILES string of the molecule is CCN(Cc1cccc2c1OCCO2)C(=O)c1cc2cc(Cl)ccc2[nH]1. The van der Waals surface area contributed by atoms with Crippen LogP contribution in [0.1, 0.15) is 23.0 Å². The zero-order chi connectivity index (χ0) is 18.1. The third-order valence-corrected chi connectivity index (χ3v) is 4.73. The molecular formula is C20H19ClN2O3. The van der Waals surface area contributed by atoms with Crippen molar-refractivity contribution in [3.8, 4) is 11.5 Å². The van der Waals surface area contributed by atoms with Crippen LogP contribution in [0.5, 0.6) is 11.5 Å². The van der Waals surface area contributed by atoms with E-state index in [2.05, 4.69) is 4.98 Å². The molecule has 2 heterocycles. The van der Waals surface area contributed by atoms with Crippen molar-refractivity contribution in [1.82, 2.24) is 9.88 Å². The average Bonchev–Trinajstić information content (AvgIpc) is 3.08. The fraction of sp³-hybridized carbons (Fsp3) is 0.250. The number of aromatic nitrogens is 1. The van der Waals surface area contributed by atoms with Crippen LogP contribution in [0.25, 0.3) is 10.9 Å². The monoisotopic (exact) mass is 370 g/mol. The molecule has 5 nitrogen and oxygen atoms in total. The van der Waals surface area contributed by atoms with Gasteiger partial charge in [0.25, 0.3) is 5.91 Å². The number of aromatic amines is 1. The number of halogens is 1. The third kappa shape index (κ3) is 3.10. The number of nitrogens with zero attached hydrogens (tertiary/aromatic N) is 1. The number of ether oxygens (including phenoxy) is 2. The van der Waals surface area contributed by atoms with E-state index in [-0.39, 0.29) is 5.91 Å². The number of fused-ring (bicyclic) bond motifs is 2. The van der Waals surface area contributed by atoms with Crippen molar-refractivity contribution in [3.05, 3.63) is 58.7 Å². The van der Waals surface area contributed by atoms with Gasteiger partial charge in [-0.25, -0.2) is 0 Å². The van der Waals surface area contributed by atoms with Gasteiger partial charge in [0, 0.05) is 34.6 Å². The molecule has 1 N–H and O–H groups in total. The number of carbonyl (C=O) groups excluding carboxylic acids is 1. The fourth-order valence-electron chi connectivity index (χ4n) is 3.18. The van der Waals surface area contributed by atoms with Gasteiger partial charge in [-0.2, -0.15) is 0 Å². The predicted octanol–water partition coefficient (Wildman–Crippen LogP) is 4.25. The summed E-state index contributed by atoms with van der Waals surface area (Å²) in [6.45, 7) is 4.07. The number of hydrogen-bond acceptors (Lipinski definition) is 3. The number of carbonyl (C=O) groups is 1. The Morgan fingerprint density at radius 3 is 2.88 bits per heavy atom. The van der Waals surface area contributed by atoms with Gasteiger partial charge in [-0.1, -0.05) is 23.7 Å². The van der Waals surface area contributed by atoms with E-state index in [0.29, 0.717) is 37.0 Å². The van der Waals surface area contributed by atoms with E-state index in [1.807, 2.05) is 43.3 Å². The van der Waals surface area contributed by atoms with Crippen LogP contribution in [0.4, 0.5) is 0 Å². The maximum absolute atomic E-state index is 13.0. The number of para-hydroxylation sites is 1. The molecule has 0 atom stereocenters. The Labute approximate surface area is 156 Å². The molecule has 0 spiro atoms. The molecule has 0 fully saturated rings. The van der Waals surface area contributed by atoms with Crippen molar-refractivity contribution in [2.45, 2.75) is 13.5 Å². The van der Waals surface area contributed by atoms with Crippen molar-refractivity contribution in [2.75, 3.05) is 19.8 Å². The van der Waals surface area contributed by atoms with Crippen LogP contribution in [0.2, 0.25) is 5.02 Å². The first-order chi connectivity index (χ1) is 12.7. The lowest BCUT2D eigenvalue weighted by atomic mass is 10.1. The second-order valence-electron chi connectivity index (χ2n) is 6.18. The molecule has 6 heteroatoms. The lowest BCUT2D eigenvalue weighted by Gasteiger charge is -2.25. The highest BCUT2D eigenvalue weighted by atomic mass is 35.5. The topological polar surface area (TPSA) is 54.6 Å². The molecular weight excluding hydrogens is 352 g/mol. The van der Waals surface area contributed by atoms with E-state index < -0.39 is 0 Å². The largest absolute Gasteiger partial charge is 0.486 e. The molecule has 134 valence electrons. The van der Waals surface area contributed by atoms with E-state index in [0.717, 1.165) is 28.0 Å². The van der Waals surface area contributed by atoms with Gasteiger partial charge < -0.3 is 19.4 Å². The van der Waals surface area contributed by atoms with E-state index >= 15 is 0 Å². The van der Waals surface area contributed by atoms with Crippen LogP contribution in [0, 0.1) is 0 Å². The number of amides is 1. The maximum Gasteiger partial charge on any atom is 0.270 e. The summed E-state index contributed by atoms with van der Waals surface area (Å²) >= 11 is 6.04. The van der Waals surface area contributed by atoms with Gasteiger partial charge in [0.15, 0.2) is 11.5 Å². The standard InChI is InChI=1S/C20H19ClN2O3/c1-2-23(12-13-4-3-5-18-19(13)26-9-8-25-18)20(24)17-11-14-10-15(21)6-7-16(14)22-17/h3-7,10-11,22H,2,8-9,12H2,1H3. The van der Waals surface area contributed by atoms with E-state index in [9.17, 15) is 4.79 Å². The molecule has 0 bridgehead atoms. The Kier molecular flexibility index (Phi) is 4.47. The van der Waals surface area contributed by atoms with Gasteiger partial charge in [0.1, 0.15) is 18.9 Å². The Morgan fingerprint density at radius 1 is 1.19 bits per heavy atom. The zero-order valence-corrected chi connectivity index (χ0v) is 15.2. The van der Waals surface area contributed by atoms with Crippen molar-refractivity contribution < 1.29 is 14.3 Å². The quantitative estimate of drug-likeness (QED) is 0.746. The van der Waals surface area contributed by atoms with Gasteiger partial charge in [0.05, 0.1) is 0 Å². The van der Waals surface area contributed by atoms with E-state index in [1.54, 1.807) is 11.0 Å². The molecule has 26 heavy (non-hydrogen) atoms. The molecule has 3 aromatic rings. The number of nitrogens with one attached hydrogen (secondary N) is 1. The van der Waals surface area contributed by atoms with Crippen molar-refractivity contribution >= 4 is 28.4 Å². The number of hydrogen-bond donors (Lipinski definition) is 1. The van der Waals surface area contributed by atoms with Gasteiger partial charge >= 0.3 is 0 Å². The average molecular weight is 371 g/mol. The highest BCUT2D eigenvalue weighted by Gasteiger charge is 2.21. The van der Waals surface area contributed by atoms with E-state index in [1.165, 1.54) is 0 Å². The van der Waals surface area contributed by atoms with Gasteiger partial charge in [0.2, 0.25) is 0 Å². The summed E-state index contributed by atoms with van der Waals surface area (Å²) in [6.07, 6.45) is 0. The zero-order valence-electron chi connectivity index (χ0n) is 14.4. The number of rotatable bonds is 4. The molecule has 1 aliphatic rings. The molecule has 1 aromatic heterocycles. The van der Waals surface area contributed by atoms with Crippen LogP contribution in [-0.2, 0) is 6.54 Å². The summed E-state index contributed by atoms with van der Waals surface area (Å²) in [4.78, 5) is 17.9. The summed E-state index contributed by atoms with van der Waals surface area (Å²) in [5.41, 5.74) is 2.38. The second kappa shape index (κ2) is 6.92. The molecule has 0 radical (unpaired) electrons. The van der Waals surface area contributed by atoms with Crippen LogP contribution >= 0.6 is 11.6 Å².